The number of carbonyl (C=O) groups excluding carboxylic acids is 1. The van der Waals surface area contributed by atoms with E-state index in [2.05, 4.69) is 21.8 Å². The third-order valence-electron chi connectivity index (χ3n) is 4.98. The highest BCUT2D eigenvalue weighted by molar-refractivity contribution is 5.76. The largest absolute Gasteiger partial charge is 0.435 e. The number of ether oxygens (including phenoxy) is 1. The first-order valence-corrected chi connectivity index (χ1v) is 9.68. The molecule has 0 saturated carbocycles. The third kappa shape index (κ3) is 6.30. The molecule has 1 saturated heterocycles. The first-order valence-electron chi connectivity index (χ1n) is 9.68. The van der Waals surface area contributed by atoms with Crippen LogP contribution in [0.25, 0.3) is 0 Å². The summed E-state index contributed by atoms with van der Waals surface area (Å²) in [6.45, 7) is 1.04. The molecule has 1 amide bonds. The molecule has 1 aliphatic rings. The summed E-state index contributed by atoms with van der Waals surface area (Å²) in [6, 6.07) is 17.0. The van der Waals surface area contributed by atoms with Gasteiger partial charge in [-0.3, -0.25) is 9.69 Å². The second kappa shape index (κ2) is 10.2. The predicted octanol–water partition coefficient (Wildman–Crippen LogP) is 3.96. The van der Waals surface area contributed by atoms with Gasteiger partial charge in [0.15, 0.2) is 0 Å². The molecule has 0 unspecified atom stereocenters. The van der Waals surface area contributed by atoms with Crippen molar-refractivity contribution in [2.45, 2.75) is 32.4 Å². The molecule has 3 rings (SSSR count). The number of hydrogen-bond acceptors (Lipinski definition) is 3. The molecule has 1 heterocycles. The predicted molar refractivity (Wildman–Crippen MR) is 104 cm³/mol. The summed E-state index contributed by atoms with van der Waals surface area (Å²) < 4.78 is 28.8. The number of alkyl halides is 2. The summed E-state index contributed by atoms with van der Waals surface area (Å²) in [7, 11) is 0. The van der Waals surface area contributed by atoms with Gasteiger partial charge in [0.2, 0.25) is 5.91 Å². The van der Waals surface area contributed by atoms with Crippen LogP contribution in [0.1, 0.15) is 24.0 Å². The lowest BCUT2D eigenvalue weighted by molar-refractivity contribution is -0.133. The highest BCUT2D eigenvalue weighted by atomic mass is 19.3. The smallest absolute Gasteiger partial charge is 0.387 e. The summed E-state index contributed by atoms with van der Waals surface area (Å²) in [5.41, 5.74) is 2.31. The number of piperazine rings is 1. The van der Waals surface area contributed by atoms with Gasteiger partial charge in [-0.2, -0.15) is 8.78 Å². The fourth-order valence-electron chi connectivity index (χ4n) is 3.44. The molecular weight excluding hydrogens is 362 g/mol. The maximum atomic E-state index is 12.4. The molecule has 6 heteroatoms. The van der Waals surface area contributed by atoms with Crippen LogP contribution in [-0.2, 0) is 17.8 Å². The molecule has 4 nitrogen and oxygen atoms in total. The van der Waals surface area contributed by atoms with Crippen LogP contribution in [-0.4, -0.2) is 48.5 Å². The van der Waals surface area contributed by atoms with Crippen LogP contribution in [0, 0.1) is 0 Å². The third-order valence-corrected chi connectivity index (χ3v) is 4.98. The summed E-state index contributed by atoms with van der Waals surface area (Å²) >= 11 is 0. The first-order chi connectivity index (χ1) is 13.6. The Morgan fingerprint density at radius 2 is 1.61 bits per heavy atom. The van der Waals surface area contributed by atoms with E-state index in [0.717, 1.165) is 51.1 Å². The second-order valence-corrected chi connectivity index (χ2v) is 7.02. The van der Waals surface area contributed by atoms with E-state index >= 15 is 0 Å². The molecule has 28 heavy (non-hydrogen) atoms. The average Bonchev–Trinajstić information content (AvgIpc) is 2.70. The van der Waals surface area contributed by atoms with E-state index in [1.807, 2.05) is 23.1 Å². The molecule has 1 aliphatic heterocycles. The van der Waals surface area contributed by atoms with Crippen molar-refractivity contribution < 1.29 is 18.3 Å². The zero-order chi connectivity index (χ0) is 19.8. The normalized spacial score (nSPS) is 15.0. The fourth-order valence-corrected chi connectivity index (χ4v) is 3.44. The average molecular weight is 388 g/mol. The molecular formula is C22H26F2N2O2. The molecule has 150 valence electrons. The van der Waals surface area contributed by atoms with E-state index in [-0.39, 0.29) is 11.7 Å². The van der Waals surface area contributed by atoms with Crippen molar-refractivity contribution in [2.75, 3.05) is 26.2 Å². The van der Waals surface area contributed by atoms with Crippen molar-refractivity contribution in [1.29, 1.82) is 0 Å². The summed E-state index contributed by atoms with van der Waals surface area (Å²) in [4.78, 5) is 16.6. The quantitative estimate of drug-likeness (QED) is 0.686. The van der Waals surface area contributed by atoms with Gasteiger partial charge in [0, 0.05) is 39.1 Å². The fraction of sp³-hybridized carbons (Fsp3) is 0.409. The lowest BCUT2D eigenvalue weighted by Crippen LogP contribution is -2.48. The topological polar surface area (TPSA) is 32.8 Å². The molecule has 0 bridgehead atoms. The minimum Gasteiger partial charge on any atom is -0.435 e. The maximum absolute atomic E-state index is 12.4. The van der Waals surface area contributed by atoms with Gasteiger partial charge in [-0.15, -0.1) is 0 Å². The molecule has 2 aromatic carbocycles. The van der Waals surface area contributed by atoms with Crippen LogP contribution >= 0.6 is 0 Å². The first kappa shape index (κ1) is 20.3. The van der Waals surface area contributed by atoms with Crippen LogP contribution in [0.5, 0.6) is 5.75 Å². The molecule has 0 spiro atoms. The number of aryl methyl sites for hydroxylation is 1. The minimum absolute atomic E-state index is 0.171. The number of amides is 1. The van der Waals surface area contributed by atoms with Crippen LogP contribution in [0.4, 0.5) is 8.78 Å². The standard InChI is InChI=1S/C22H26F2N2O2/c23-22(24)28-20-11-9-19(10-12-20)17-25-13-15-26(16-14-25)21(27)8-4-7-18-5-2-1-3-6-18/h1-3,5-6,9-12,22H,4,7-8,13-17H2. The molecule has 0 radical (unpaired) electrons. The Morgan fingerprint density at radius 1 is 0.929 bits per heavy atom. The SMILES string of the molecule is O=C(CCCc1ccccc1)N1CCN(Cc2ccc(OC(F)F)cc2)CC1. The van der Waals surface area contributed by atoms with Gasteiger partial charge in [-0.25, -0.2) is 0 Å². The van der Waals surface area contributed by atoms with Crippen molar-refractivity contribution in [3.63, 3.8) is 0 Å². The Kier molecular flexibility index (Phi) is 7.37. The molecule has 0 N–H and O–H groups in total. The minimum atomic E-state index is -2.80. The van der Waals surface area contributed by atoms with Crippen LogP contribution in [0.3, 0.4) is 0 Å². The second-order valence-electron chi connectivity index (χ2n) is 7.02. The van der Waals surface area contributed by atoms with Crippen LogP contribution < -0.4 is 4.74 Å². The van der Waals surface area contributed by atoms with Crippen molar-refractivity contribution in [2.24, 2.45) is 0 Å². The van der Waals surface area contributed by atoms with Crippen molar-refractivity contribution in [3.05, 3.63) is 65.7 Å². The Hall–Kier alpha value is -2.47. The number of rotatable bonds is 8. The molecule has 0 aliphatic carbocycles. The maximum Gasteiger partial charge on any atom is 0.387 e. The van der Waals surface area contributed by atoms with Gasteiger partial charge >= 0.3 is 6.61 Å². The number of benzene rings is 2. The zero-order valence-corrected chi connectivity index (χ0v) is 15.9. The number of hydrogen-bond donors (Lipinski definition) is 0. The summed E-state index contributed by atoms with van der Waals surface area (Å²) in [6.07, 6.45) is 2.38. The van der Waals surface area contributed by atoms with Gasteiger partial charge in [0.25, 0.3) is 0 Å². The molecule has 1 fully saturated rings. The van der Waals surface area contributed by atoms with Crippen LogP contribution in [0.15, 0.2) is 54.6 Å². The van der Waals surface area contributed by atoms with E-state index in [1.165, 1.54) is 5.56 Å². The number of nitrogens with zero attached hydrogens (tertiary/aromatic N) is 2. The van der Waals surface area contributed by atoms with E-state index in [9.17, 15) is 13.6 Å². The van der Waals surface area contributed by atoms with Gasteiger partial charge in [-0.1, -0.05) is 42.5 Å². The van der Waals surface area contributed by atoms with Gasteiger partial charge < -0.3 is 9.64 Å². The van der Waals surface area contributed by atoms with Crippen LogP contribution in [0.2, 0.25) is 0 Å². The Balaban J connectivity index is 1.37. The number of halogens is 2. The molecule has 0 atom stereocenters. The van der Waals surface area contributed by atoms with Crippen molar-refractivity contribution in [3.8, 4) is 5.75 Å². The van der Waals surface area contributed by atoms with Gasteiger partial charge in [0.1, 0.15) is 5.75 Å². The lowest BCUT2D eigenvalue weighted by Gasteiger charge is -2.35. The van der Waals surface area contributed by atoms with E-state index in [4.69, 9.17) is 0 Å². The Bertz CT molecular complexity index is 730. The monoisotopic (exact) mass is 388 g/mol. The van der Waals surface area contributed by atoms with E-state index in [0.29, 0.717) is 6.42 Å². The Labute approximate surface area is 164 Å². The molecule has 2 aromatic rings. The van der Waals surface area contributed by atoms with Gasteiger partial charge in [-0.05, 0) is 36.1 Å². The van der Waals surface area contributed by atoms with Crippen molar-refractivity contribution >= 4 is 5.91 Å². The Morgan fingerprint density at radius 3 is 2.25 bits per heavy atom. The molecule has 0 aromatic heterocycles. The highest BCUT2D eigenvalue weighted by Crippen LogP contribution is 2.17. The zero-order valence-electron chi connectivity index (χ0n) is 15.9. The van der Waals surface area contributed by atoms with E-state index < -0.39 is 6.61 Å². The highest BCUT2D eigenvalue weighted by Gasteiger charge is 2.20. The summed E-state index contributed by atoms with van der Waals surface area (Å²) in [5.74, 6) is 0.397. The summed E-state index contributed by atoms with van der Waals surface area (Å²) in [5, 5.41) is 0. The van der Waals surface area contributed by atoms with E-state index in [1.54, 1.807) is 24.3 Å². The lowest BCUT2D eigenvalue weighted by atomic mass is 10.1. The van der Waals surface area contributed by atoms with Crippen molar-refractivity contribution in [1.82, 2.24) is 9.80 Å². The number of carbonyl (C=O) groups is 1. The van der Waals surface area contributed by atoms with Gasteiger partial charge in [0.05, 0.1) is 0 Å².